The molecule has 3 N–H and O–H groups in total. The molecule has 1 aromatic rings. The number of aliphatic imine (C=N–C) groups is 1. The van der Waals surface area contributed by atoms with Crippen LogP contribution in [0.2, 0.25) is 0 Å². The lowest BCUT2D eigenvalue weighted by Crippen LogP contribution is -2.38. The van der Waals surface area contributed by atoms with Gasteiger partial charge in [-0.2, -0.15) is 0 Å². The van der Waals surface area contributed by atoms with Gasteiger partial charge in [-0.05, 0) is 19.8 Å². The molecule has 1 aliphatic carbocycles. The van der Waals surface area contributed by atoms with Crippen LogP contribution in [-0.4, -0.2) is 17.0 Å². The highest BCUT2D eigenvalue weighted by molar-refractivity contribution is 14.0. The van der Waals surface area contributed by atoms with Crippen molar-refractivity contribution in [3.63, 3.8) is 0 Å². The van der Waals surface area contributed by atoms with Crippen LogP contribution in [0.15, 0.2) is 10.4 Å². The van der Waals surface area contributed by atoms with E-state index in [-0.39, 0.29) is 24.0 Å². The molecule has 0 bridgehead atoms. The molecule has 0 amide bonds. The van der Waals surface area contributed by atoms with E-state index in [2.05, 4.69) is 15.3 Å². The second-order valence-electron chi connectivity index (χ2n) is 4.21. The van der Waals surface area contributed by atoms with Gasteiger partial charge in [0, 0.05) is 17.1 Å². The van der Waals surface area contributed by atoms with Crippen LogP contribution in [-0.2, 0) is 6.54 Å². The molecule has 0 atom stereocenters. The molecular weight excluding hydrogens is 347 g/mol. The zero-order valence-corrected chi connectivity index (χ0v) is 13.1. The summed E-state index contributed by atoms with van der Waals surface area (Å²) < 4.78 is 0. The van der Waals surface area contributed by atoms with E-state index in [4.69, 9.17) is 5.73 Å². The Balaban J connectivity index is 0.00000144. The summed E-state index contributed by atoms with van der Waals surface area (Å²) in [4.78, 5) is 8.65. The lowest BCUT2D eigenvalue weighted by Gasteiger charge is -2.11. The zero-order chi connectivity index (χ0) is 11.4. The predicted molar refractivity (Wildman–Crippen MR) is 83.0 cm³/mol. The number of rotatable bonds is 3. The summed E-state index contributed by atoms with van der Waals surface area (Å²) in [6, 6.07) is 0.529. The summed E-state index contributed by atoms with van der Waals surface area (Å²) in [6.07, 6.45) is 5.03. The van der Waals surface area contributed by atoms with Gasteiger partial charge < -0.3 is 11.1 Å². The van der Waals surface area contributed by atoms with E-state index in [0.717, 1.165) is 10.7 Å². The Bertz CT molecular complexity index is 371. The average molecular weight is 366 g/mol. The quantitative estimate of drug-likeness (QED) is 0.491. The number of hydrogen-bond acceptors (Lipinski definition) is 3. The summed E-state index contributed by atoms with van der Waals surface area (Å²) >= 11 is 1.63. The lowest BCUT2D eigenvalue weighted by atomic mass is 10.2. The number of nitrogens with one attached hydrogen (secondary N) is 1. The number of aryl methyl sites for hydroxylation is 1. The van der Waals surface area contributed by atoms with Crippen molar-refractivity contribution in [2.24, 2.45) is 10.7 Å². The first-order valence-electron chi connectivity index (χ1n) is 5.71. The molecule has 1 aromatic heterocycles. The minimum absolute atomic E-state index is 0. The van der Waals surface area contributed by atoms with E-state index in [1.807, 2.05) is 12.3 Å². The SMILES string of the molecule is Cc1csc(CN=C(N)NC2CCCC2)n1.I. The molecule has 1 fully saturated rings. The van der Waals surface area contributed by atoms with Crippen molar-refractivity contribution < 1.29 is 0 Å². The van der Waals surface area contributed by atoms with Gasteiger partial charge in [0.15, 0.2) is 5.96 Å². The highest BCUT2D eigenvalue weighted by Crippen LogP contribution is 2.17. The zero-order valence-electron chi connectivity index (χ0n) is 9.98. The maximum Gasteiger partial charge on any atom is 0.189 e. The van der Waals surface area contributed by atoms with E-state index in [1.165, 1.54) is 25.7 Å². The molecule has 1 saturated carbocycles. The van der Waals surface area contributed by atoms with Gasteiger partial charge in [0.2, 0.25) is 0 Å². The van der Waals surface area contributed by atoms with Crippen LogP contribution in [0.3, 0.4) is 0 Å². The van der Waals surface area contributed by atoms with Gasteiger partial charge in [0.1, 0.15) is 5.01 Å². The Morgan fingerprint density at radius 1 is 1.59 bits per heavy atom. The fourth-order valence-electron chi connectivity index (χ4n) is 1.95. The first kappa shape index (κ1) is 14.7. The molecule has 4 nitrogen and oxygen atoms in total. The van der Waals surface area contributed by atoms with Crippen LogP contribution in [0.4, 0.5) is 0 Å². The summed E-state index contributed by atoms with van der Waals surface area (Å²) in [7, 11) is 0. The molecule has 96 valence electrons. The molecule has 6 heteroatoms. The second kappa shape index (κ2) is 7.15. The summed E-state index contributed by atoms with van der Waals surface area (Å²) in [5.41, 5.74) is 6.88. The van der Waals surface area contributed by atoms with Gasteiger partial charge in [-0.3, -0.25) is 0 Å². The van der Waals surface area contributed by atoms with Crippen LogP contribution in [0.1, 0.15) is 36.4 Å². The molecule has 0 aliphatic heterocycles. The highest BCUT2D eigenvalue weighted by atomic mass is 127. The first-order valence-corrected chi connectivity index (χ1v) is 6.59. The van der Waals surface area contributed by atoms with E-state index in [1.54, 1.807) is 11.3 Å². The third kappa shape index (κ3) is 4.79. The van der Waals surface area contributed by atoms with Gasteiger partial charge in [-0.15, -0.1) is 35.3 Å². The normalized spacial score (nSPS) is 16.9. The molecule has 2 rings (SSSR count). The lowest BCUT2D eigenvalue weighted by molar-refractivity contribution is 0.625. The van der Waals surface area contributed by atoms with Crippen LogP contribution in [0.5, 0.6) is 0 Å². The largest absolute Gasteiger partial charge is 0.370 e. The average Bonchev–Trinajstić information content (AvgIpc) is 2.87. The molecule has 0 spiro atoms. The summed E-state index contributed by atoms with van der Waals surface area (Å²) in [5, 5.41) is 6.32. The van der Waals surface area contributed by atoms with Gasteiger partial charge >= 0.3 is 0 Å². The number of hydrogen-bond donors (Lipinski definition) is 2. The fraction of sp³-hybridized carbons (Fsp3) is 0.636. The number of thiazole rings is 1. The van der Waals surface area contributed by atoms with Gasteiger partial charge in [0.05, 0.1) is 6.54 Å². The number of halogens is 1. The molecule has 1 heterocycles. The van der Waals surface area contributed by atoms with Gasteiger partial charge in [0.25, 0.3) is 0 Å². The van der Waals surface area contributed by atoms with E-state index < -0.39 is 0 Å². The maximum atomic E-state index is 5.82. The van der Waals surface area contributed by atoms with Crippen molar-refractivity contribution in [2.75, 3.05) is 0 Å². The minimum atomic E-state index is 0. The number of nitrogens with two attached hydrogens (primary N) is 1. The molecule has 1 aliphatic rings. The van der Waals surface area contributed by atoms with Crippen LogP contribution in [0.25, 0.3) is 0 Å². The Morgan fingerprint density at radius 3 is 2.88 bits per heavy atom. The molecule has 0 aromatic carbocycles. The number of aromatic nitrogens is 1. The monoisotopic (exact) mass is 366 g/mol. The van der Waals surface area contributed by atoms with Crippen LogP contribution < -0.4 is 11.1 Å². The summed E-state index contributed by atoms with van der Waals surface area (Å²) in [5.74, 6) is 0.555. The molecule has 17 heavy (non-hydrogen) atoms. The topological polar surface area (TPSA) is 63.3 Å². The van der Waals surface area contributed by atoms with E-state index in [9.17, 15) is 0 Å². The molecule has 0 saturated heterocycles. The predicted octanol–water partition coefficient (Wildman–Crippen LogP) is 2.42. The highest BCUT2D eigenvalue weighted by Gasteiger charge is 2.14. The second-order valence-corrected chi connectivity index (χ2v) is 5.15. The molecule has 0 unspecified atom stereocenters. The standard InChI is InChI=1S/C11H18N4S.HI/c1-8-7-16-10(14-8)6-13-11(12)15-9-4-2-3-5-9;/h7,9H,2-6H2,1H3,(H3,12,13,15);1H. The third-order valence-corrected chi connectivity index (χ3v) is 3.71. The van der Waals surface area contributed by atoms with Crippen LogP contribution >= 0.6 is 35.3 Å². The van der Waals surface area contributed by atoms with Crippen molar-refractivity contribution in [1.82, 2.24) is 10.3 Å². The van der Waals surface area contributed by atoms with Crippen molar-refractivity contribution in [2.45, 2.75) is 45.2 Å². The van der Waals surface area contributed by atoms with Crippen molar-refractivity contribution >= 4 is 41.3 Å². The van der Waals surface area contributed by atoms with Crippen molar-refractivity contribution in [1.29, 1.82) is 0 Å². The van der Waals surface area contributed by atoms with Crippen molar-refractivity contribution in [3.8, 4) is 0 Å². The fourth-order valence-corrected chi connectivity index (χ4v) is 2.65. The minimum Gasteiger partial charge on any atom is -0.370 e. The summed E-state index contributed by atoms with van der Waals surface area (Å²) in [6.45, 7) is 2.58. The Kier molecular flexibility index (Phi) is 6.18. The Hall–Kier alpha value is -0.370. The van der Waals surface area contributed by atoms with Gasteiger partial charge in [-0.25, -0.2) is 9.98 Å². The van der Waals surface area contributed by atoms with Crippen molar-refractivity contribution in [3.05, 3.63) is 16.1 Å². The van der Waals surface area contributed by atoms with E-state index in [0.29, 0.717) is 18.5 Å². The third-order valence-electron chi connectivity index (χ3n) is 2.76. The number of guanidine groups is 1. The Labute approximate surface area is 123 Å². The van der Waals surface area contributed by atoms with Gasteiger partial charge in [-0.1, -0.05) is 12.8 Å². The smallest absolute Gasteiger partial charge is 0.189 e. The molecule has 0 radical (unpaired) electrons. The number of nitrogens with zero attached hydrogens (tertiary/aromatic N) is 2. The molecular formula is C11H19IN4S. The van der Waals surface area contributed by atoms with E-state index >= 15 is 0 Å². The Morgan fingerprint density at radius 2 is 2.29 bits per heavy atom. The first-order chi connectivity index (χ1) is 7.74. The van der Waals surface area contributed by atoms with Crippen LogP contribution in [0, 0.1) is 6.92 Å². The maximum absolute atomic E-state index is 5.82.